The molecule has 3 nitrogen and oxygen atoms in total. The number of carbonyl (C=O) groups is 2. The van der Waals surface area contributed by atoms with E-state index >= 15 is 0 Å². The molecule has 0 saturated carbocycles. The summed E-state index contributed by atoms with van der Waals surface area (Å²) in [5, 5.41) is 0. The SMILES string of the molecule is CC1=CC(=O)N([Si](C)(C)C)C1=O. The van der Waals surface area contributed by atoms with Gasteiger partial charge in [0, 0.05) is 11.6 Å². The highest BCUT2D eigenvalue weighted by molar-refractivity contribution is 6.78. The molecule has 0 N–H and O–H groups in total. The molecule has 0 fully saturated rings. The fraction of sp³-hybridized carbons (Fsp3) is 0.500. The van der Waals surface area contributed by atoms with Crippen molar-refractivity contribution in [3.8, 4) is 0 Å². The number of nitrogens with zero attached hydrogens (tertiary/aromatic N) is 1. The second-order valence-electron chi connectivity index (χ2n) is 3.98. The van der Waals surface area contributed by atoms with E-state index in [1.807, 2.05) is 19.6 Å². The molecule has 1 aliphatic heterocycles. The Bertz CT molecular complexity index is 275. The van der Waals surface area contributed by atoms with Gasteiger partial charge in [-0.2, -0.15) is 0 Å². The summed E-state index contributed by atoms with van der Waals surface area (Å²) in [5.41, 5.74) is 0.558. The van der Waals surface area contributed by atoms with Gasteiger partial charge in [-0.3, -0.25) is 9.59 Å². The standard InChI is InChI=1S/C8H13NO2Si/c1-6-5-7(10)9(8(6)11)12(2,3)4/h5H,1-4H3. The molecule has 0 aliphatic carbocycles. The maximum Gasteiger partial charge on any atom is 0.248 e. The molecule has 66 valence electrons. The molecule has 0 spiro atoms. The Morgan fingerprint density at radius 1 is 1.25 bits per heavy atom. The van der Waals surface area contributed by atoms with E-state index in [-0.39, 0.29) is 11.8 Å². The van der Waals surface area contributed by atoms with Gasteiger partial charge < -0.3 is 4.57 Å². The molecule has 4 heteroatoms. The van der Waals surface area contributed by atoms with Gasteiger partial charge in [0.2, 0.25) is 11.8 Å². The third-order valence-corrected chi connectivity index (χ3v) is 3.54. The van der Waals surface area contributed by atoms with Crippen LogP contribution in [0, 0.1) is 0 Å². The van der Waals surface area contributed by atoms with Crippen molar-refractivity contribution in [2.75, 3.05) is 0 Å². The van der Waals surface area contributed by atoms with Crippen molar-refractivity contribution in [1.82, 2.24) is 4.57 Å². The molecule has 0 aromatic rings. The smallest absolute Gasteiger partial charge is 0.248 e. The van der Waals surface area contributed by atoms with Crippen LogP contribution in [0.15, 0.2) is 11.6 Å². The molecule has 12 heavy (non-hydrogen) atoms. The molecule has 0 aromatic heterocycles. The number of hydrogen-bond acceptors (Lipinski definition) is 2. The molecular formula is C8H13NO2Si. The molecule has 1 aliphatic rings. The summed E-state index contributed by atoms with van der Waals surface area (Å²) in [7, 11) is -1.81. The first-order chi connectivity index (χ1) is 5.34. The van der Waals surface area contributed by atoms with Crippen LogP contribution in [0.5, 0.6) is 0 Å². The lowest BCUT2D eigenvalue weighted by atomic mass is 10.3. The minimum atomic E-state index is -1.81. The van der Waals surface area contributed by atoms with Crippen molar-refractivity contribution in [3.05, 3.63) is 11.6 Å². The number of hydrogen-bond donors (Lipinski definition) is 0. The van der Waals surface area contributed by atoms with Gasteiger partial charge in [0.05, 0.1) is 0 Å². The van der Waals surface area contributed by atoms with Gasteiger partial charge in [0.15, 0.2) is 8.24 Å². The average Bonchev–Trinajstić information content (AvgIpc) is 2.05. The maximum absolute atomic E-state index is 11.4. The summed E-state index contributed by atoms with van der Waals surface area (Å²) in [4.78, 5) is 22.7. The number of carbonyl (C=O) groups excluding carboxylic acids is 2. The summed E-state index contributed by atoms with van der Waals surface area (Å²) in [5.74, 6) is -0.254. The van der Waals surface area contributed by atoms with E-state index < -0.39 is 8.24 Å². The summed E-state index contributed by atoms with van der Waals surface area (Å²) in [6.45, 7) is 7.63. The van der Waals surface area contributed by atoms with Crippen molar-refractivity contribution < 1.29 is 9.59 Å². The van der Waals surface area contributed by atoms with E-state index in [4.69, 9.17) is 0 Å². The van der Waals surface area contributed by atoms with Crippen LogP contribution in [-0.4, -0.2) is 24.6 Å². The Kier molecular flexibility index (Phi) is 1.95. The van der Waals surface area contributed by atoms with Crippen LogP contribution < -0.4 is 0 Å². The second-order valence-corrected chi connectivity index (χ2v) is 8.77. The van der Waals surface area contributed by atoms with Gasteiger partial charge in [-0.05, 0) is 6.92 Å². The largest absolute Gasteiger partial charge is 0.305 e. The predicted molar refractivity (Wildman–Crippen MR) is 49.0 cm³/mol. The average molecular weight is 183 g/mol. The zero-order chi connectivity index (χ0) is 9.52. The quantitative estimate of drug-likeness (QED) is 0.451. The summed E-state index contributed by atoms with van der Waals surface area (Å²) >= 11 is 0. The number of imide groups is 1. The van der Waals surface area contributed by atoms with Gasteiger partial charge >= 0.3 is 0 Å². The van der Waals surface area contributed by atoms with Crippen LogP contribution in [0.4, 0.5) is 0 Å². The van der Waals surface area contributed by atoms with Crippen LogP contribution in [0.25, 0.3) is 0 Å². The van der Waals surface area contributed by atoms with Gasteiger partial charge in [0.1, 0.15) is 0 Å². The zero-order valence-electron chi connectivity index (χ0n) is 7.84. The second kappa shape index (κ2) is 2.55. The molecule has 0 bridgehead atoms. The van der Waals surface area contributed by atoms with Gasteiger partial charge in [-0.1, -0.05) is 19.6 Å². The predicted octanol–water partition coefficient (Wildman–Crippen LogP) is 1.14. The van der Waals surface area contributed by atoms with Gasteiger partial charge in [-0.25, -0.2) is 0 Å². The zero-order valence-corrected chi connectivity index (χ0v) is 8.84. The lowest BCUT2D eigenvalue weighted by Crippen LogP contribution is -2.49. The fourth-order valence-corrected chi connectivity index (χ4v) is 2.73. The monoisotopic (exact) mass is 183 g/mol. The Labute approximate surface area is 73.1 Å². The minimum Gasteiger partial charge on any atom is -0.305 e. The van der Waals surface area contributed by atoms with Crippen molar-refractivity contribution in [1.29, 1.82) is 0 Å². The van der Waals surface area contributed by atoms with Crippen molar-refractivity contribution >= 4 is 20.0 Å². The maximum atomic E-state index is 11.4. The molecule has 0 aromatic carbocycles. The third-order valence-electron chi connectivity index (χ3n) is 1.77. The molecule has 0 atom stereocenters. The van der Waals surface area contributed by atoms with Crippen molar-refractivity contribution in [2.24, 2.45) is 0 Å². The van der Waals surface area contributed by atoms with Crippen LogP contribution in [-0.2, 0) is 9.59 Å². The van der Waals surface area contributed by atoms with Crippen molar-refractivity contribution in [2.45, 2.75) is 26.6 Å². The van der Waals surface area contributed by atoms with E-state index in [0.717, 1.165) is 0 Å². The lowest BCUT2D eigenvalue weighted by molar-refractivity contribution is -0.132. The Balaban J connectivity index is 2.99. The van der Waals surface area contributed by atoms with Crippen molar-refractivity contribution in [3.63, 3.8) is 0 Å². The fourth-order valence-electron chi connectivity index (χ4n) is 1.22. The van der Waals surface area contributed by atoms with E-state index in [2.05, 4.69) is 0 Å². The Morgan fingerprint density at radius 2 is 1.75 bits per heavy atom. The molecule has 1 rings (SSSR count). The molecule has 0 saturated heterocycles. The molecular weight excluding hydrogens is 170 g/mol. The van der Waals surface area contributed by atoms with Gasteiger partial charge in [-0.15, -0.1) is 0 Å². The first-order valence-corrected chi connectivity index (χ1v) is 7.35. The van der Waals surface area contributed by atoms with E-state index in [9.17, 15) is 9.59 Å². The molecule has 1 heterocycles. The van der Waals surface area contributed by atoms with E-state index in [1.165, 1.54) is 10.6 Å². The highest BCUT2D eigenvalue weighted by Crippen LogP contribution is 2.19. The summed E-state index contributed by atoms with van der Waals surface area (Å²) in [6.07, 6.45) is 1.42. The first-order valence-electron chi connectivity index (χ1n) is 3.91. The Hall–Kier alpha value is -0.903. The highest BCUT2D eigenvalue weighted by atomic mass is 28.3. The van der Waals surface area contributed by atoms with Gasteiger partial charge in [0.25, 0.3) is 0 Å². The number of rotatable bonds is 1. The first kappa shape index (κ1) is 9.19. The van der Waals surface area contributed by atoms with E-state index in [1.54, 1.807) is 6.92 Å². The lowest BCUT2D eigenvalue weighted by Gasteiger charge is -2.27. The molecule has 0 radical (unpaired) electrons. The molecule has 2 amide bonds. The van der Waals surface area contributed by atoms with Crippen LogP contribution in [0.3, 0.4) is 0 Å². The topological polar surface area (TPSA) is 37.4 Å². The van der Waals surface area contributed by atoms with Crippen LogP contribution >= 0.6 is 0 Å². The number of amides is 2. The summed E-state index contributed by atoms with van der Waals surface area (Å²) in [6, 6.07) is 0. The molecule has 0 unspecified atom stereocenters. The van der Waals surface area contributed by atoms with Crippen LogP contribution in [0.1, 0.15) is 6.92 Å². The normalized spacial score (nSPS) is 18.7. The van der Waals surface area contributed by atoms with E-state index in [0.29, 0.717) is 5.57 Å². The minimum absolute atomic E-state index is 0.112. The third kappa shape index (κ3) is 1.34. The summed E-state index contributed by atoms with van der Waals surface area (Å²) < 4.78 is 1.42. The Morgan fingerprint density at radius 3 is 1.92 bits per heavy atom. The van der Waals surface area contributed by atoms with Crippen LogP contribution in [0.2, 0.25) is 19.6 Å². The highest BCUT2D eigenvalue weighted by Gasteiger charge is 2.37.